The Hall–Kier alpha value is -2.44. The van der Waals surface area contributed by atoms with Crippen molar-refractivity contribution in [2.24, 2.45) is 0 Å². The molecule has 0 unspecified atom stereocenters. The first kappa shape index (κ1) is 17.4. The zero-order valence-corrected chi connectivity index (χ0v) is 14.9. The topological polar surface area (TPSA) is 68.5 Å². The fourth-order valence-electron chi connectivity index (χ4n) is 2.89. The van der Waals surface area contributed by atoms with Crippen LogP contribution in [0.5, 0.6) is 0 Å². The molecule has 0 aliphatic carbocycles. The Labute approximate surface area is 146 Å². The molecular weight excluding hydrogens is 325 g/mol. The van der Waals surface area contributed by atoms with Crippen LogP contribution in [0.1, 0.15) is 51.0 Å². The van der Waals surface area contributed by atoms with Gasteiger partial charge in [0.25, 0.3) is 5.89 Å². The average Bonchev–Trinajstić information content (AvgIpc) is 3.16. The van der Waals surface area contributed by atoms with Crippen molar-refractivity contribution in [2.45, 2.75) is 52.2 Å². The fourth-order valence-corrected chi connectivity index (χ4v) is 2.89. The molecule has 2 heterocycles. The SMILES string of the molecule is Cc1c(F)cccc1-c1nc([C@@H]2CCCN2C(=O)OC(C)(C)C)no1. The molecule has 1 atom stereocenters. The quantitative estimate of drug-likeness (QED) is 0.812. The van der Waals surface area contributed by atoms with E-state index in [9.17, 15) is 9.18 Å². The van der Waals surface area contributed by atoms with E-state index in [2.05, 4.69) is 10.1 Å². The summed E-state index contributed by atoms with van der Waals surface area (Å²) in [5.41, 5.74) is 0.444. The van der Waals surface area contributed by atoms with Gasteiger partial charge in [0, 0.05) is 12.1 Å². The molecule has 0 spiro atoms. The van der Waals surface area contributed by atoms with Crippen LogP contribution in [0, 0.1) is 12.7 Å². The molecule has 6 nitrogen and oxygen atoms in total. The van der Waals surface area contributed by atoms with Crippen LogP contribution in [0.25, 0.3) is 11.5 Å². The fraction of sp³-hybridized carbons (Fsp3) is 0.500. The molecule has 0 N–H and O–H groups in total. The van der Waals surface area contributed by atoms with Crippen molar-refractivity contribution < 1.29 is 18.4 Å². The molecule has 134 valence electrons. The average molecular weight is 347 g/mol. The Morgan fingerprint density at radius 2 is 2.16 bits per heavy atom. The third-order valence-corrected chi connectivity index (χ3v) is 4.12. The lowest BCUT2D eigenvalue weighted by Crippen LogP contribution is -2.36. The molecule has 1 aliphatic rings. The highest BCUT2D eigenvalue weighted by Crippen LogP contribution is 2.33. The Kier molecular flexibility index (Phi) is 4.49. The minimum atomic E-state index is -0.564. The first-order chi connectivity index (χ1) is 11.8. The van der Waals surface area contributed by atoms with Gasteiger partial charge in [0.15, 0.2) is 5.82 Å². The molecule has 1 amide bonds. The Balaban J connectivity index is 1.84. The number of amides is 1. The highest BCUT2D eigenvalue weighted by molar-refractivity contribution is 5.69. The van der Waals surface area contributed by atoms with Crippen molar-refractivity contribution in [2.75, 3.05) is 6.54 Å². The van der Waals surface area contributed by atoms with Crippen molar-refractivity contribution in [1.29, 1.82) is 0 Å². The van der Waals surface area contributed by atoms with Gasteiger partial charge in [-0.1, -0.05) is 11.2 Å². The highest BCUT2D eigenvalue weighted by Gasteiger charge is 2.36. The van der Waals surface area contributed by atoms with Gasteiger partial charge in [-0.05, 0) is 58.2 Å². The normalized spacial score (nSPS) is 17.8. The van der Waals surface area contributed by atoms with Gasteiger partial charge in [-0.3, -0.25) is 4.90 Å². The first-order valence-electron chi connectivity index (χ1n) is 8.35. The zero-order chi connectivity index (χ0) is 18.2. The summed E-state index contributed by atoms with van der Waals surface area (Å²) in [4.78, 5) is 18.4. The molecule has 1 aromatic heterocycles. The molecule has 0 radical (unpaired) electrons. The summed E-state index contributed by atoms with van der Waals surface area (Å²) in [6.45, 7) is 7.74. The Morgan fingerprint density at radius 3 is 2.88 bits per heavy atom. The molecule has 2 aromatic rings. The van der Waals surface area contributed by atoms with E-state index < -0.39 is 5.60 Å². The number of likely N-dealkylation sites (tertiary alicyclic amines) is 1. The van der Waals surface area contributed by atoms with Crippen molar-refractivity contribution in [3.05, 3.63) is 35.4 Å². The Bertz CT molecular complexity index is 782. The van der Waals surface area contributed by atoms with E-state index in [1.807, 2.05) is 20.8 Å². The van der Waals surface area contributed by atoms with Crippen LogP contribution >= 0.6 is 0 Å². The van der Waals surface area contributed by atoms with E-state index in [4.69, 9.17) is 9.26 Å². The van der Waals surface area contributed by atoms with Gasteiger partial charge in [-0.15, -0.1) is 0 Å². The van der Waals surface area contributed by atoms with E-state index in [1.165, 1.54) is 6.07 Å². The van der Waals surface area contributed by atoms with Crippen LogP contribution in [0.4, 0.5) is 9.18 Å². The largest absolute Gasteiger partial charge is 0.444 e. The maximum Gasteiger partial charge on any atom is 0.410 e. The molecular formula is C18H22FN3O3. The summed E-state index contributed by atoms with van der Waals surface area (Å²) in [5, 5.41) is 4.02. The molecule has 0 saturated carbocycles. The summed E-state index contributed by atoms with van der Waals surface area (Å²) in [6, 6.07) is 4.43. The number of carbonyl (C=O) groups is 1. The number of carbonyl (C=O) groups excluding carboxylic acids is 1. The standard InChI is InChI=1S/C18H22FN3O3/c1-11-12(7-5-8-13(11)19)16-20-15(21-25-16)14-9-6-10-22(14)17(23)24-18(2,3)4/h5,7-8,14H,6,9-10H2,1-4H3/t14-/m0/s1. The van der Waals surface area contributed by atoms with Crippen molar-refractivity contribution >= 4 is 6.09 Å². The van der Waals surface area contributed by atoms with E-state index in [0.717, 1.165) is 12.8 Å². The molecule has 1 saturated heterocycles. The van der Waals surface area contributed by atoms with Gasteiger partial charge >= 0.3 is 6.09 Å². The van der Waals surface area contributed by atoms with Gasteiger partial charge in [-0.2, -0.15) is 4.98 Å². The minimum Gasteiger partial charge on any atom is -0.444 e. The number of rotatable bonds is 2. The zero-order valence-electron chi connectivity index (χ0n) is 14.9. The predicted molar refractivity (Wildman–Crippen MR) is 89.3 cm³/mol. The molecule has 0 bridgehead atoms. The van der Waals surface area contributed by atoms with Gasteiger partial charge in [0.1, 0.15) is 11.4 Å². The third kappa shape index (κ3) is 3.65. The number of halogens is 1. The molecule has 1 fully saturated rings. The van der Waals surface area contributed by atoms with Crippen LogP contribution in [-0.4, -0.2) is 33.3 Å². The summed E-state index contributed by atoms with van der Waals surface area (Å²) < 4.78 is 24.5. The van der Waals surface area contributed by atoms with Crippen LogP contribution in [-0.2, 0) is 4.74 Å². The van der Waals surface area contributed by atoms with Crippen LogP contribution in [0.15, 0.2) is 22.7 Å². The maximum absolute atomic E-state index is 13.7. The van der Waals surface area contributed by atoms with Crippen LogP contribution in [0.3, 0.4) is 0 Å². The monoisotopic (exact) mass is 347 g/mol. The van der Waals surface area contributed by atoms with Crippen LogP contribution < -0.4 is 0 Å². The molecule has 3 rings (SSSR count). The lowest BCUT2D eigenvalue weighted by atomic mass is 10.1. The minimum absolute atomic E-state index is 0.253. The molecule has 7 heteroatoms. The highest BCUT2D eigenvalue weighted by atomic mass is 19.1. The number of nitrogens with zero attached hydrogens (tertiary/aromatic N) is 3. The van der Waals surface area contributed by atoms with Crippen molar-refractivity contribution in [3.8, 4) is 11.5 Å². The van der Waals surface area contributed by atoms with Crippen molar-refractivity contribution in [3.63, 3.8) is 0 Å². The van der Waals surface area contributed by atoms with E-state index in [1.54, 1.807) is 24.0 Å². The smallest absolute Gasteiger partial charge is 0.410 e. The maximum atomic E-state index is 13.7. The number of aromatic nitrogens is 2. The lowest BCUT2D eigenvalue weighted by Gasteiger charge is -2.27. The summed E-state index contributed by atoms with van der Waals surface area (Å²) in [7, 11) is 0. The Morgan fingerprint density at radius 1 is 1.40 bits per heavy atom. The second kappa shape index (κ2) is 6.46. The lowest BCUT2D eigenvalue weighted by molar-refractivity contribution is 0.0217. The molecule has 1 aromatic carbocycles. The van der Waals surface area contributed by atoms with Gasteiger partial charge in [0.05, 0.1) is 6.04 Å². The number of benzene rings is 1. The number of hydrogen-bond donors (Lipinski definition) is 0. The number of ether oxygens (including phenoxy) is 1. The first-order valence-corrected chi connectivity index (χ1v) is 8.35. The van der Waals surface area contributed by atoms with E-state index in [-0.39, 0.29) is 23.8 Å². The number of hydrogen-bond acceptors (Lipinski definition) is 5. The molecule has 1 aliphatic heterocycles. The van der Waals surface area contributed by atoms with Gasteiger partial charge in [-0.25, -0.2) is 9.18 Å². The van der Waals surface area contributed by atoms with Gasteiger partial charge < -0.3 is 9.26 Å². The summed E-state index contributed by atoms with van der Waals surface area (Å²) in [5.74, 6) is 0.346. The molecule has 25 heavy (non-hydrogen) atoms. The van der Waals surface area contributed by atoms with Crippen molar-refractivity contribution in [1.82, 2.24) is 15.0 Å². The van der Waals surface area contributed by atoms with Gasteiger partial charge in [0.2, 0.25) is 0 Å². The van der Waals surface area contributed by atoms with Crippen LogP contribution in [0.2, 0.25) is 0 Å². The summed E-state index contributed by atoms with van der Waals surface area (Å²) >= 11 is 0. The predicted octanol–water partition coefficient (Wildman–Crippen LogP) is 4.26. The third-order valence-electron chi connectivity index (χ3n) is 4.12. The summed E-state index contributed by atoms with van der Waals surface area (Å²) in [6.07, 6.45) is 1.19. The van der Waals surface area contributed by atoms with E-state index >= 15 is 0 Å². The second-order valence-electron chi connectivity index (χ2n) is 7.20. The second-order valence-corrected chi connectivity index (χ2v) is 7.20. The van der Waals surface area contributed by atoms with E-state index in [0.29, 0.717) is 23.5 Å².